The molecule has 1 saturated carbocycles. The maximum absolute atomic E-state index is 12.6. The topological polar surface area (TPSA) is 91.3 Å². The largest absolute Gasteiger partial charge is 0.481 e. The molecular formula is C16H19ClF3N3O3. The lowest BCUT2D eigenvalue weighted by Gasteiger charge is -2.28. The molecule has 1 aromatic heterocycles. The van der Waals surface area contributed by atoms with Crippen LogP contribution in [-0.2, 0) is 15.8 Å². The van der Waals surface area contributed by atoms with E-state index in [-0.39, 0.29) is 36.1 Å². The Morgan fingerprint density at radius 2 is 1.96 bits per heavy atom. The zero-order valence-electron chi connectivity index (χ0n) is 13.8. The lowest BCUT2D eigenvalue weighted by atomic mass is 9.93. The third-order valence-electron chi connectivity index (χ3n) is 4.27. The van der Waals surface area contributed by atoms with Gasteiger partial charge >= 0.3 is 12.1 Å². The number of carboxylic acid groups (broad SMARTS) is 1. The SMILES string of the molecule is O=C(O)CC1(NC(=O)CCNc2ncc(C(F)(F)F)cc2Cl)CCCC1. The van der Waals surface area contributed by atoms with Crippen LogP contribution in [0.4, 0.5) is 19.0 Å². The number of aliphatic carboxylic acids is 1. The van der Waals surface area contributed by atoms with Crippen LogP contribution in [0.25, 0.3) is 0 Å². The molecule has 26 heavy (non-hydrogen) atoms. The lowest BCUT2D eigenvalue weighted by molar-refractivity contribution is -0.139. The summed E-state index contributed by atoms with van der Waals surface area (Å²) in [4.78, 5) is 26.7. The van der Waals surface area contributed by atoms with Crippen molar-refractivity contribution in [3.8, 4) is 0 Å². The van der Waals surface area contributed by atoms with E-state index in [1.165, 1.54) is 0 Å². The van der Waals surface area contributed by atoms with Crippen molar-refractivity contribution in [3.63, 3.8) is 0 Å². The Bertz CT molecular complexity index is 676. The quantitative estimate of drug-likeness (QED) is 0.660. The van der Waals surface area contributed by atoms with Gasteiger partial charge in [0.15, 0.2) is 0 Å². The number of nitrogens with zero attached hydrogens (tertiary/aromatic N) is 1. The minimum Gasteiger partial charge on any atom is -0.481 e. The molecule has 0 aliphatic heterocycles. The molecule has 1 aliphatic rings. The number of aromatic nitrogens is 1. The second-order valence-electron chi connectivity index (χ2n) is 6.34. The van der Waals surface area contributed by atoms with E-state index in [0.717, 1.165) is 18.9 Å². The fraction of sp³-hybridized carbons (Fsp3) is 0.562. The third-order valence-corrected chi connectivity index (χ3v) is 4.56. The fourth-order valence-electron chi connectivity index (χ4n) is 3.06. The number of carbonyl (C=O) groups is 2. The van der Waals surface area contributed by atoms with Crippen molar-refractivity contribution >= 4 is 29.3 Å². The molecule has 0 saturated heterocycles. The second-order valence-corrected chi connectivity index (χ2v) is 6.74. The normalized spacial score (nSPS) is 16.3. The number of carbonyl (C=O) groups excluding carboxylic acids is 1. The average molecular weight is 394 g/mol. The van der Waals surface area contributed by atoms with E-state index in [9.17, 15) is 22.8 Å². The molecule has 0 bridgehead atoms. The van der Waals surface area contributed by atoms with Gasteiger partial charge in [0.25, 0.3) is 0 Å². The summed E-state index contributed by atoms with van der Waals surface area (Å²) in [5.74, 6) is -1.25. The van der Waals surface area contributed by atoms with Crippen molar-refractivity contribution < 1.29 is 27.9 Å². The Kier molecular flexibility index (Phi) is 6.33. The molecule has 0 aromatic carbocycles. The number of alkyl halides is 3. The molecule has 1 amide bonds. The summed E-state index contributed by atoms with van der Waals surface area (Å²) in [7, 11) is 0. The number of nitrogens with one attached hydrogen (secondary N) is 2. The molecule has 2 rings (SSSR count). The van der Waals surface area contributed by atoms with Gasteiger partial charge in [-0.15, -0.1) is 0 Å². The molecule has 144 valence electrons. The van der Waals surface area contributed by atoms with Gasteiger partial charge in [0.05, 0.1) is 22.5 Å². The smallest absolute Gasteiger partial charge is 0.417 e. The highest BCUT2D eigenvalue weighted by molar-refractivity contribution is 6.32. The molecule has 1 aromatic rings. The van der Waals surface area contributed by atoms with Crippen LogP contribution in [0.5, 0.6) is 0 Å². The van der Waals surface area contributed by atoms with Crippen molar-refractivity contribution in [1.29, 1.82) is 0 Å². The van der Waals surface area contributed by atoms with Crippen LogP contribution in [0.2, 0.25) is 5.02 Å². The molecule has 0 spiro atoms. The van der Waals surface area contributed by atoms with Crippen molar-refractivity contribution in [2.45, 2.75) is 50.2 Å². The van der Waals surface area contributed by atoms with Gasteiger partial charge in [-0.25, -0.2) is 4.98 Å². The zero-order valence-corrected chi connectivity index (χ0v) is 14.6. The van der Waals surface area contributed by atoms with Gasteiger partial charge < -0.3 is 15.7 Å². The second kappa shape index (κ2) is 8.11. The first-order chi connectivity index (χ1) is 12.1. The van der Waals surface area contributed by atoms with Crippen molar-refractivity contribution in [3.05, 3.63) is 22.8 Å². The number of rotatable bonds is 7. The predicted molar refractivity (Wildman–Crippen MR) is 89.0 cm³/mol. The van der Waals surface area contributed by atoms with Crippen LogP contribution >= 0.6 is 11.6 Å². The Labute approximate surface area is 153 Å². The summed E-state index contributed by atoms with van der Waals surface area (Å²) in [6, 6.07) is 0.761. The molecule has 3 N–H and O–H groups in total. The maximum atomic E-state index is 12.6. The number of hydrogen-bond donors (Lipinski definition) is 3. The van der Waals surface area contributed by atoms with Crippen molar-refractivity contribution in [2.75, 3.05) is 11.9 Å². The number of amides is 1. The van der Waals surface area contributed by atoms with E-state index in [0.29, 0.717) is 19.0 Å². The fourth-order valence-corrected chi connectivity index (χ4v) is 3.30. The van der Waals surface area contributed by atoms with E-state index < -0.39 is 23.2 Å². The van der Waals surface area contributed by atoms with E-state index in [1.807, 2.05) is 0 Å². The van der Waals surface area contributed by atoms with Crippen molar-refractivity contribution in [2.24, 2.45) is 0 Å². The van der Waals surface area contributed by atoms with Gasteiger partial charge in [-0.05, 0) is 18.9 Å². The monoisotopic (exact) mass is 393 g/mol. The Balaban J connectivity index is 1.87. The van der Waals surface area contributed by atoms with Gasteiger partial charge in [-0.2, -0.15) is 13.2 Å². The van der Waals surface area contributed by atoms with Gasteiger partial charge in [-0.1, -0.05) is 24.4 Å². The molecule has 10 heteroatoms. The van der Waals surface area contributed by atoms with Gasteiger partial charge in [0, 0.05) is 19.2 Å². The molecule has 1 fully saturated rings. The average Bonchev–Trinajstić information content (AvgIpc) is 2.94. The van der Waals surface area contributed by atoms with Gasteiger partial charge in [0.1, 0.15) is 5.82 Å². The number of halogens is 4. The lowest BCUT2D eigenvalue weighted by Crippen LogP contribution is -2.48. The molecule has 1 heterocycles. The van der Waals surface area contributed by atoms with Gasteiger partial charge in [-0.3, -0.25) is 9.59 Å². The molecule has 1 aliphatic carbocycles. The Morgan fingerprint density at radius 3 is 2.50 bits per heavy atom. The minimum absolute atomic E-state index is 0.0143. The van der Waals surface area contributed by atoms with E-state index in [1.54, 1.807) is 0 Å². The van der Waals surface area contributed by atoms with E-state index in [2.05, 4.69) is 15.6 Å². The summed E-state index contributed by atoms with van der Waals surface area (Å²) in [6.07, 6.45) is -1.04. The third kappa shape index (κ3) is 5.48. The van der Waals surface area contributed by atoms with Crippen LogP contribution in [0.15, 0.2) is 12.3 Å². The van der Waals surface area contributed by atoms with Crippen LogP contribution in [0.3, 0.4) is 0 Å². The first-order valence-electron chi connectivity index (χ1n) is 8.11. The molecule has 0 atom stereocenters. The van der Waals surface area contributed by atoms with Crippen molar-refractivity contribution in [1.82, 2.24) is 10.3 Å². The highest BCUT2D eigenvalue weighted by atomic mass is 35.5. The number of anilines is 1. The molecule has 0 unspecified atom stereocenters. The van der Waals surface area contributed by atoms with E-state index in [4.69, 9.17) is 16.7 Å². The van der Waals surface area contributed by atoms with Crippen LogP contribution < -0.4 is 10.6 Å². The summed E-state index contributed by atoms with van der Waals surface area (Å²) >= 11 is 5.78. The van der Waals surface area contributed by atoms with Gasteiger partial charge in [0.2, 0.25) is 5.91 Å². The minimum atomic E-state index is -4.53. The maximum Gasteiger partial charge on any atom is 0.417 e. The first kappa shape index (κ1) is 20.3. The highest BCUT2D eigenvalue weighted by Gasteiger charge is 2.37. The van der Waals surface area contributed by atoms with Crippen LogP contribution in [0, 0.1) is 0 Å². The standard InChI is InChI=1S/C16H19ClF3N3O3/c17-11-7-10(16(18,19)20)9-22-14(11)21-6-3-12(24)23-15(8-13(25)26)4-1-2-5-15/h7,9H,1-6,8H2,(H,21,22)(H,23,24)(H,25,26). The van der Waals surface area contributed by atoms with E-state index >= 15 is 0 Å². The van der Waals surface area contributed by atoms with Crippen LogP contribution in [0.1, 0.15) is 44.1 Å². The number of pyridine rings is 1. The first-order valence-corrected chi connectivity index (χ1v) is 8.48. The highest BCUT2D eigenvalue weighted by Crippen LogP contribution is 2.33. The summed E-state index contributed by atoms with van der Waals surface area (Å²) in [5, 5.41) is 14.3. The summed E-state index contributed by atoms with van der Waals surface area (Å²) < 4.78 is 37.7. The Hall–Kier alpha value is -2.03. The summed E-state index contributed by atoms with van der Waals surface area (Å²) in [6.45, 7) is 0.104. The number of hydrogen-bond acceptors (Lipinski definition) is 4. The molecule has 0 radical (unpaired) electrons. The Morgan fingerprint density at radius 1 is 1.31 bits per heavy atom. The molecule has 6 nitrogen and oxygen atoms in total. The number of carboxylic acids is 1. The zero-order chi connectivity index (χ0) is 19.4. The van der Waals surface area contributed by atoms with Crippen LogP contribution in [-0.4, -0.2) is 34.1 Å². The predicted octanol–water partition coefficient (Wildman–Crippen LogP) is 3.46. The summed E-state index contributed by atoms with van der Waals surface area (Å²) in [5.41, 5.74) is -1.67. The molecular weight excluding hydrogens is 375 g/mol.